The molecule has 116 valence electrons. The summed E-state index contributed by atoms with van der Waals surface area (Å²) in [5, 5.41) is 3.55. The predicted octanol–water partition coefficient (Wildman–Crippen LogP) is 3.46. The molecule has 1 heterocycles. The van der Waals surface area contributed by atoms with Gasteiger partial charge in [-0.05, 0) is 32.1 Å². The van der Waals surface area contributed by atoms with Crippen LogP contribution in [0.2, 0.25) is 0 Å². The largest absolute Gasteiger partial charge is 0.361 e. The summed E-state index contributed by atoms with van der Waals surface area (Å²) in [6.45, 7) is 5.36. The molecule has 1 aliphatic carbocycles. The van der Waals surface area contributed by atoms with Gasteiger partial charge in [0.25, 0.3) is 0 Å². The second-order valence-electron chi connectivity index (χ2n) is 6.48. The molecule has 2 nitrogen and oxygen atoms in total. The van der Waals surface area contributed by atoms with Crippen LogP contribution in [0.4, 0.5) is 18.9 Å². The normalized spacial score (nSPS) is 29.8. The van der Waals surface area contributed by atoms with E-state index in [1.165, 1.54) is 0 Å². The van der Waals surface area contributed by atoms with Gasteiger partial charge in [-0.3, -0.25) is 0 Å². The minimum Gasteiger partial charge on any atom is -0.361 e. The summed E-state index contributed by atoms with van der Waals surface area (Å²) >= 11 is 0. The van der Waals surface area contributed by atoms with Gasteiger partial charge in [0.2, 0.25) is 0 Å². The number of hydrogen-bond acceptors (Lipinski definition) is 2. The fourth-order valence-electron chi connectivity index (χ4n) is 3.43. The standard InChI is InChI=1S/C16H21F3N2/c1-3-12-8-20-16(2,10-4-5-10)9-21(12)15-13(18)6-11(17)7-14(15)19/h6-7,10,12,20H,3-5,8-9H2,1-2H3. The Bertz CT molecular complexity index is 521. The maximum absolute atomic E-state index is 14.1. The molecule has 2 atom stereocenters. The maximum Gasteiger partial charge on any atom is 0.152 e. The lowest BCUT2D eigenvalue weighted by Crippen LogP contribution is -2.64. The van der Waals surface area contributed by atoms with Crippen LogP contribution < -0.4 is 10.2 Å². The lowest BCUT2D eigenvalue weighted by atomic mass is 9.90. The molecule has 2 aliphatic rings. The molecule has 0 aromatic heterocycles. The van der Waals surface area contributed by atoms with E-state index in [1.54, 1.807) is 4.90 Å². The summed E-state index contributed by atoms with van der Waals surface area (Å²) in [4.78, 5) is 1.79. The number of nitrogens with one attached hydrogen (secondary N) is 1. The highest BCUT2D eigenvalue weighted by molar-refractivity contribution is 5.52. The van der Waals surface area contributed by atoms with E-state index in [0.29, 0.717) is 19.0 Å². The fourth-order valence-corrected chi connectivity index (χ4v) is 3.43. The van der Waals surface area contributed by atoms with Crippen molar-refractivity contribution in [1.82, 2.24) is 5.32 Å². The van der Waals surface area contributed by atoms with Crippen LogP contribution in [0.25, 0.3) is 0 Å². The van der Waals surface area contributed by atoms with Gasteiger partial charge in [0.15, 0.2) is 11.6 Å². The van der Waals surface area contributed by atoms with Gasteiger partial charge >= 0.3 is 0 Å². The van der Waals surface area contributed by atoms with Gasteiger partial charge in [-0.1, -0.05) is 6.92 Å². The molecule has 2 fully saturated rings. The molecule has 1 N–H and O–H groups in total. The number of hydrogen-bond donors (Lipinski definition) is 1. The molecule has 1 aromatic rings. The average molecular weight is 298 g/mol. The second-order valence-corrected chi connectivity index (χ2v) is 6.48. The summed E-state index contributed by atoms with van der Waals surface area (Å²) in [5.41, 5.74) is -0.213. The van der Waals surface area contributed by atoms with E-state index in [-0.39, 0.29) is 17.3 Å². The van der Waals surface area contributed by atoms with Crippen molar-refractivity contribution in [2.45, 2.75) is 44.7 Å². The van der Waals surface area contributed by atoms with Gasteiger partial charge in [-0.2, -0.15) is 0 Å². The molecule has 0 spiro atoms. The van der Waals surface area contributed by atoms with Crippen LogP contribution in [0.1, 0.15) is 33.1 Å². The third-order valence-corrected chi connectivity index (χ3v) is 4.90. The first kappa shape index (κ1) is 14.7. The van der Waals surface area contributed by atoms with E-state index in [9.17, 15) is 13.2 Å². The van der Waals surface area contributed by atoms with Gasteiger partial charge in [0.1, 0.15) is 11.5 Å². The van der Waals surface area contributed by atoms with Gasteiger partial charge in [0.05, 0.1) is 0 Å². The van der Waals surface area contributed by atoms with E-state index in [0.717, 1.165) is 31.4 Å². The molecule has 1 aromatic carbocycles. The van der Waals surface area contributed by atoms with Crippen molar-refractivity contribution in [2.24, 2.45) is 5.92 Å². The van der Waals surface area contributed by atoms with Crippen LogP contribution in [0, 0.1) is 23.4 Å². The van der Waals surface area contributed by atoms with Crippen molar-refractivity contribution in [3.63, 3.8) is 0 Å². The average Bonchev–Trinajstić information content (AvgIpc) is 3.22. The SMILES string of the molecule is CCC1CNC(C)(C2CC2)CN1c1c(F)cc(F)cc1F. The van der Waals surface area contributed by atoms with Crippen LogP contribution in [0.3, 0.4) is 0 Å². The third-order valence-electron chi connectivity index (χ3n) is 4.90. The van der Waals surface area contributed by atoms with E-state index in [4.69, 9.17) is 0 Å². The number of nitrogens with zero attached hydrogens (tertiary/aromatic N) is 1. The first-order valence-electron chi connectivity index (χ1n) is 7.61. The summed E-state index contributed by atoms with van der Waals surface area (Å²) < 4.78 is 41.4. The first-order valence-corrected chi connectivity index (χ1v) is 7.61. The Morgan fingerprint density at radius 1 is 1.24 bits per heavy atom. The molecule has 0 radical (unpaired) electrons. The van der Waals surface area contributed by atoms with E-state index >= 15 is 0 Å². The third kappa shape index (κ3) is 2.63. The van der Waals surface area contributed by atoms with E-state index < -0.39 is 17.5 Å². The highest BCUT2D eigenvalue weighted by Crippen LogP contribution is 2.43. The van der Waals surface area contributed by atoms with Crippen molar-refractivity contribution >= 4 is 5.69 Å². The van der Waals surface area contributed by atoms with Crippen LogP contribution in [-0.4, -0.2) is 24.7 Å². The van der Waals surface area contributed by atoms with Crippen molar-refractivity contribution in [1.29, 1.82) is 0 Å². The van der Waals surface area contributed by atoms with Gasteiger partial charge < -0.3 is 10.2 Å². The Morgan fingerprint density at radius 3 is 2.38 bits per heavy atom. The molecule has 0 amide bonds. The molecule has 3 rings (SSSR count). The molecule has 1 saturated heterocycles. The highest BCUT2D eigenvalue weighted by atomic mass is 19.1. The minimum atomic E-state index is -0.873. The number of benzene rings is 1. The van der Waals surface area contributed by atoms with Crippen molar-refractivity contribution in [3.05, 3.63) is 29.6 Å². The first-order chi connectivity index (χ1) is 9.94. The number of anilines is 1. The summed E-state index contributed by atoms with van der Waals surface area (Å²) in [6, 6.07) is 1.55. The molecular formula is C16H21F3N2. The summed E-state index contributed by atoms with van der Waals surface area (Å²) in [7, 11) is 0. The zero-order valence-corrected chi connectivity index (χ0v) is 12.4. The van der Waals surface area contributed by atoms with E-state index in [1.807, 2.05) is 6.92 Å². The lowest BCUT2D eigenvalue weighted by Gasteiger charge is -2.47. The molecule has 0 bridgehead atoms. The zero-order valence-electron chi connectivity index (χ0n) is 12.4. The molecule has 21 heavy (non-hydrogen) atoms. The number of piperazine rings is 1. The van der Waals surface area contributed by atoms with Gasteiger partial charge in [-0.15, -0.1) is 0 Å². The molecule has 2 unspecified atom stereocenters. The van der Waals surface area contributed by atoms with Crippen LogP contribution in [-0.2, 0) is 0 Å². The Kier molecular flexibility index (Phi) is 3.64. The van der Waals surface area contributed by atoms with Crippen molar-refractivity contribution in [2.75, 3.05) is 18.0 Å². The number of rotatable bonds is 3. The molecule has 1 saturated carbocycles. The molecule has 5 heteroatoms. The summed E-state index contributed by atoms with van der Waals surface area (Å²) in [5.74, 6) is -1.94. The Balaban J connectivity index is 1.96. The monoisotopic (exact) mass is 298 g/mol. The zero-order chi connectivity index (χ0) is 15.2. The predicted molar refractivity (Wildman–Crippen MR) is 76.9 cm³/mol. The Labute approximate surface area is 123 Å². The smallest absolute Gasteiger partial charge is 0.152 e. The topological polar surface area (TPSA) is 15.3 Å². The quantitative estimate of drug-likeness (QED) is 0.919. The maximum atomic E-state index is 14.1. The second kappa shape index (κ2) is 5.20. The van der Waals surface area contributed by atoms with Crippen molar-refractivity contribution < 1.29 is 13.2 Å². The van der Waals surface area contributed by atoms with Crippen LogP contribution in [0.15, 0.2) is 12.1 Å². The lowest BCUT2D eigenvalue weighted by molar-refractivity contribution is 0.250. The molecular weight excluding hydrogens is 277 g/mol. The van der Waals surface area contributed by atoms with Crippen molar-refractivity contribution in [3.8, 4) is 0 Å². The fraction of sp³-hybridized carbons (Fsp3) is 0.625. The Morgan fingerprint density at radius 2 is 1.86 bits per heavy atom. The van der Waals surface area contributed by atoms with Gasteiger partial charge in [-0.25, -0.2) is 13.2 Å². The minimum absolute atomic E-state index is 0.0197. The molecule has 1 aliphatic heterocycles. The summed E-state index contributed by atoms with van der Waals surface area (Å²) in [6.07, 6.45) is 3.09. The van der Waals surface area contributed by atoms with Crippen LogP contribution in [0.5, 0.6) is 0 Å². The van der Waals surface area contributed by atoms with E-state index in [2.05, 4.69) is 12.2 Å². The Hall–Kier alpha value is -1.23. The van der Waals surface area contributed by atoms with Crippen LogP contribution >= 0.6 is 0 Å². The highest BCUT2D eigenvalue weighted by Gasteiger charge is 2.46. The number of halogens is 3. The van der Waals surface area contributed by atoms with Gasteiger partial charge in [0, 0.05) is 36.8 Å².